The molecule has 0 radical (unpaired) electrons. The number of carbonyl (C=O) groups excluding carboxylic acids is 3. The first-order chi connectivity index (χ1) is 13.5. The normalized spacial score (nSPS) is 11.1. The van der Waals surface area contributed by atoms with Gasteiger partial charge in [0.1, 0.15) is 23.2 Å². The van der Waals surface area contributed by atoms with Gasteiger partial charge in [-0.25, -0.2) is 14.6 Å². The fourth-order valence-corrected chi connectivity index (χ4v) is 1.78. The second kappa shape index (κ2) is 12.5. The van der Waals surface area contributed by atoms with E-state index < -0.39 is 17.5 Å². The summed E-state index contributed by atoms with van der Waals surface area (Å²) in [7, 11) is 0. The molecule has 1 aromatic rings. The highest BCUT2D eigenvalue weighted by atomic mass is 16.5. The van der Waals surface area contributed by atoms with Gasteiger partial charge in [-0.15, -0.1) is 0 Å². The van der Waals surface area contributed by atoms with E-state index in [2.05, 4.69) is 14.7 Å². The van der Waals surface area contributed by atoms with Gasteiger partial charge in [-0.3, -0.25) is 9.59 Å². The quantitative estimate of drug-likeness (QED) is 0.239. The Morgan fingerprint density at radius 2 is 1.66 bits per heavy atom. The molecule has 1 heterocycles. The molecule has 0 spiro atoms. The lowest BCUT2D eigenvalue weighted by Crippen LogP contribution is -2.26. The van der Waals surface area contributed by atoms with Crippen LogP contribution in [-0.4, -0.2) is 47.5 Å². The van der Waals surface area contributed by atoms with Crippen molar-refractivity contribution < 1.29 is 28.6 Å². The fraction of sp³-hybridized carbons (Fsp3) is 0.550. The van der Waals surface area contributed by atoms with E-state index in [4.69, 9.17) is 9.47 Å². The molecule has 0 atom stereocenters. The van der Waals surface area contributed by atoms with Crippen molar-refractivity contribution in [2.75, 3.05) is 19.8 Å². The summed E-state index contributed by atoms with van der Waals surface area (Å²) in [6.07, 6.45) is 2.40. The van der Waals surface area contributed by atoms with E-state index in [9.17, 15) is 19.2 Å². The lowest BCUT2D eigenvalue weighted by Gasteiger charge is -2.16. The number of H-pyrrole nitrogens is 1. The van der Waals surface area contributed by atoms with E-state index in [1.54, 1.807) is 20.8 Å². The zero-order chi connectivity index (χ0) is 22.6. The molecule has 0 aliphatic rings. The molecule has 0 amide bonds. The molecule has 0 fully saturated rings. The number of ketones is 1. The first-order valence-electron chi connectivity index (χ1n) is 9.26. The molecule has 162 valence electrons. The molecular formula is C20H30N2O7. The first kappa shape index (κ1) is 26.0. The predicted molar refractivity (Wildman–Crippen MR) is 107 cm³/mol. The number of aromatic amines is 1. The summed E-state index contributed by atoms with van der Waals surface area (Å²) < 4.78 is 14.2. The maximum atomic E-state index is 11.6. The highest BCUT2D eigenvalue weighted by Gasteiger charge is 2.19. The molecule has 0 saturated carbocycles. The lowest BCUT2D eigenvalue weighted by molar-refractivity contribution is -0.140. The first-order valence-corrected chi connectivity index (χ1v) is 9.26. The Bertz CT molecular complexity index is 789. The van der Waals surface area contributed by atoms with Crippen LogP contribution >= 0.6 is 0 Å². The Kier molecular flexibility index (Phi) is 11.2. The SMILES string of the molecule is CCO/C=C(/C(C)=O)C(=O)OCC.CCOC(=O)c1cnc(C(C)(C)C)[nH]c1=O. The third-order valence-corrected chi connectivity index (χ3v) is 3.25. The fourth-order valence-electron chi connectivity index (χ4n) is 1.78. The van der Waals surface area contributed by atoms with Crippen LogP contribution < -0.4 is 5.56 Å². The van der Waals surface area contributed by atoms with Crippen LogP contribution in [0.4, 0.5) is 0 Å². The van der Waals surface area contributed by atoms with Crippen molar-refractivity contribution in [1.29, 1.82) is 0 Å². The molecule has 0 aliphatic carbocycles. The van der Waals surface area contributed by atoms with Gasteiger partial charge >= 0.3 is 11.9 Å². The van der Waals surface area contributed by atoms with Crippen molar-refractivity contribution in [3.63, 3.8) is 0 Å². The Morgan fingerprint density at radius 1 is 1.07 bits per heavy atom. The van der Waals surface area contributed by atoms with Gasteiger partial charge in [0.25, 0.3) is 5.56 Å². The number of hydrogen-bond donors (Lipinski definition) is 1. The lowest BCUT2D eigenvalue weighted by atomic mass is 9.96. The minimum atomic E-state index is -0.642. The van der Waals surface area contributed by atoms with E-state index in [0.717, 1.165) is 6.26 Å². The van der Waals surface area contributed by atoms with Crippen LogP contribution in [0.1, 0.15) is 64.6 Å². The van der Waals surface area contributed by atoms with E-state index in [1.165, 1.54) is 13.1 Å². The van der Waals surface area contributed by atoms with Crippen LogP contribution in [0.25, 0.3) is 0 Å². The van der Waals surface area contributed by atoms with Crippen LogP contribution in [0.15, 0.2) is 22.8 Å². The number of nitrogens with one attached hydrogen (secondary N) is 1. The number of hydrogen-bond acceptors (Lipinski definition) is 8. The minimum Gasteiger partial charge on any atom is -0.500 e. The molecular weight excluding hydrogens is 380 g/mol. The largest absolute Gasteiger partial charge is 0.500 e. The summed E-state index contributed by atoms with van der Waals surface area (Å²) in [6, 6.07) is 0. The van der Waals surface area contributed by atoms with Crippen LogP contribution in [0.3, 0.4) is 0 Å². The molecule has 1 aromatic heterocycles. The van der Waals surface area contributed by atoms with Crippen LogP contribution in [0.2, 0.25) is 0 Å². The van der Waals surface area contributed by atoms with Gasteiger partial charge in [-0.05, 0) is 27.7 Å². The third kappa shape index (κ3) is 9.18. The molecule has 1 N–H and O–H groups in total. The molecule has 0 aromatic carbocycles. The van der Waals surface area contributed by atoms with E-state index in [1.807, 2.05) is 20.8 Å². The van der Waals surface area contributed by atoms with Crippen LogP contribution in [0, 0.1) is 0 Å². The van der Waals surface area contributed by atoms with Gasteiger partial charge in [-0.2, -0.15) is 0 Å². The molecule has 1 rings (SSSR count). The zero-order valence-corrected chi connectivity index (χ0v) is 18.1. The number of carbonyl (C=O) groups is 3. The van der Waals surface area contributed by atoms with Crippen molar-refractivity contribution in [2.24, 2.45) is 0 Å². The summed E-state index contributed by atoms with van der Waals surface area (Å²) in [5.74, 6) is -1.09. The van der Waals surface area contributed by atoms with Gasteiger partial charge in [0.15, 0.2) is 5.78 Å². The summed E-state index contributed by atoms with van der Waals surface area (Å²) in [5.41, 5.74) is -0.830. The van der Waals surface area contributed by atoms with Crippen molar-refractivity contribution in [2.45, 2.75) is 53.9 Å². The second-order valence-electron chi connectivity index (χ2n) is 6.71. The summed E-state index contributed by atoms with van der Waals surface area (Å²) in [6.45, 7) is 13.1. The number of esters is 2. The highest BCUT2D eigenvalue weighted by molar-refractivity contribution is 6.16. The van der Waals surface area contributed by atoms with E-state index >= 15 is 0 Å². The summed E-state index contributed by atoms with van der Waals surface area (Å²) in [5, 5.41) is 0. The smallest absolute Gasteiger partial charge is 0.345 e. The molecule has 0 unspecified atom stereocenters. The van der Waals surface area contributed by atoms with Gasteiger partial charge in [0.05, 0.1) is 19.8 Å². The maximum Gasteiger partial charge on any atom is 0.345 e. The number of ether oxygens (including phenoxy) is 3. The molecule has 9 heteroatoms. The van der Waals surface area contributed by atoms with Crippen molar-refractivity contribution in [3.8, 4) is 0 Å². The molecule has 0 saturated heterocycles. The number of aromatic nitrogens is 2. The van der Waals surface area contributed by atoms with E-state index in [-0.39, 0.29) is 35.5 Å². The van der Waals surface area contributed by atoms with Gasteiger partial charge in [0.2, 0.25) is 0 Å². The zero-order valence-electron chi connectivity index (χ0n) is 18.1. The molecule has 29 heavy (non-hydrogen) atoms. The minimum absolute atomic E-state index is 0.0521. The number of Topliss-reactive ketones (excluding diaryl/α,β-unsaturated/α-hetero) is 1. The number of nitrogens with zero attached hydrogens (tertiary/aromatic N) is 1. The average molecular weight is 410 g/mol. The van der Waals surface area contributed by atoms with E-state index in [0.29, 0.717) is 12.4 Å². The molecule has 0 bridgehead atoms. The molecule has 9 nitrogen and oxygen atoms in total. The van der Waals surface area contributed by atoms with Gasteiger partial charge in [-0.1, -0.05) is 20.8 Å². The maximum absolute atomic E-state index is 11.6. The Hall–Kier alpha value is -2.97. The highest BCUT2D eigenvalue weighted by Crippen LogP contribution is 2.16. The second-order valence-corrected chi connectivity index (χ2v) is 6.71. The van der Waals surface area contributed by atoms with Crippen molar-refractivity contribution in [3.05, 3.63) is 39.8 Å². The van der Waals surface area contributed by atoms with Crippen molar-refractivity contribution in [1.82, 2.24) is 9.97 Å². The Balaban J connectivity index is 0.000000555. The van der Waals surface area contributed by atoms with Crippen molar-refractivity contribution >= 4 is 17.7 Å². The summed E-state index contributed by atoms with van der Waals surface area (Å²) in [4.78, 5) is 51.6. The Labute approximate surface area is 170 Å². The number of rotatable bonds is 7. The van der Waals surface area contributed by atoms with Crippen LogP contribution in [-0.2, 0) is 29.2 Å². The standard InChI is InChI=1S/C11H16N2O3.C9H14O4/c1-5-16-9(15)7-6-12-10(11(2,3)4)13-8(7)14;1-4-12-6-8(7(3)10)9(11)13-5-2/h6H,5H2,1-4H3,(H,12,13,14);6H,4-5H2,1-3H3/b;8-6-. The summed E-state index contributed by atoms with van der Waals surface area (Å²) >= 11 is 0. The topological polar surface area (TPSA) is 125 Å². The van der Waals surface area contributed by atoms with Gasteiger partial charge < -0.3 is 19.2 Å². The monoisotopic (exact) mass is 410 g/mol. The van der Waals surface area contributed by atoms with Gasteiger partial charge in [0, 0.05) is 11.6 Å². The Morgan fingerprint density at radius 3 is 2.07 bits per heavy atom. The predicted octanol–water partition coefficient (Wildman–Crippen LogP) is 2.30. The third-order valence-electron chi connectivity index (χ3n) is 3.25. The van der Waals surface area contributed by atoms with Crippen LogP contribution in [0.5, 0.6) is 0 Å². The average Bonchev–Trinajstić information content (AvgIpc) is 2.62. The molecule has 0 aliphatic heterocycles.